The van der Waals surface area contributed by atoms with E-state index in [2.05, 4.69) is 20.3 Å². The minimum atomic E-state index is -0.00515. The number of rotatable bonds is 4. The van der Waals surface area contributed by atoms with Crippen LogP contribution in [0.3, 0.4) is 0 Å². The molecule has 0 saturated heterocycles. The summed E-state index contributed by atoms with van der Waals surface area (Å²) in [5.74, 6) is 0.873. The van der Waals surface area contributed by atoms with E-state index < -0.39 is 0 Å². The fraction of sp³-hybridized carbons (Fsp3) is 0.188. The summed E-state index contributed by atoms with van der Waals surface area (Å²) in [5.41, 5.74) is 3.84. The number of pyridine rings is 1. The van der Waals surface area contributed by atoms with E-state index in [0.29, 0.717) is 13.0 Å². The maximum atomic E-state index is 12.0. The fourth-order valence-corrected chi connectivity index (χ4v) is 2.25. The number of nitrogens with zero attached hydrogens (tertiary/aromatic N) is 2. The SMILES string of the molecule is Cc1nc2ccc(CC(=O)NCc3cccnc3)cc2[nH]1. The summed E-state index contributed by atoms with van der Waals surface area (Å²) in [6.45, 7) is 2.42. The first-order valence-corrected chi connectivity index (χ1v) is 6.81. The molecule has 2 aromatic heterocycles. The van der Waals surface area contributed by atoms with Crippen LogP contribution in [0.2, 0.25) is 0 Å². The molecular weight excluding hydrogens is 264 g/mol. The van der Waals surface area contributed by atoms with Crippen molar-refractivity contribution in [2.75, 3.05) is 0 Å². The van der Waals surface area contributed by atoms with Crippen molar-refractivity contribution in [1.29, 1.82) is 0 Å². The van der Waals surface area contributed by atoms with Crippen molar-refractivity contribution >= 4 is 16.9 Å². The molecule has 0 radical (unpaired) electrons. The van der Waals surface area contributed by atoms with Crippen LogP contribution in [0.25, 0.3) is 11.0 Å². The summed E-state index contributed by atoms with van der Waals surface area (Å²) >= 11 is 0. The van der Waals surface area contributed by atoms with Gasteiger partial charge < -0.3 is 10.3 Å². The number of fused-ring (bicyclic) bond motifs is 1. The molecular formula is C16H16N4O. The molecule has 5 nitrogen and oxygen atoms in total. The van der Waals surface area contributed by atoms with Crippen molar-refractivity contribution in [1.82, 2.24) is 20.3 Å². The highest BCUT2D eigenvalue weighted by molar-refractivity contribution is 5.81. The Hall–Kier alpha value is -2.69. The molecule has 2 N–H and O–H groups in total. The molecule has 3 rings (SSSR count). The van der Waals surface area contributed by atoms with Crippen LogP contribution in [-0.4, -0.2) is 20.9 Å². The van der Waals surface area contributed by atoms with Gasteiger partial charge in [-0.3, -0.25) is 9.78 Å². The Morgan fingerprint density at radius 3 is 3.00 bits per heavy atom. The summed E-state index contributed by atoms with van der Waals surface area (Å²) < 4.78 is 0. The van der Waals surface area contributed by atoms with E-state index in [1.54, 1.807) is 12.4 Å². The van der Waals surface area contributed by atoms with E-state index in [1.165, 1.54) is 0 Å². The quantitative estimate of drug-likeness (QED) is 0.769. The summed E-state index contributed by atoms with van der Waals surface area (Å²) in [5, 5.41) is 2.90. The topological polar surface area (TPSA) is 70.7 Å². The number of hydrogen-bond acceptors (Lipinski definition) is 3. The minimum Gasteiger partial charge on any atom is -0.352 e. The molecule has 3 aromatic rings. The van der Waals surface area contributed by atoms with E-state index in [1.807, 2.05) is 37.3 Å². The zero-order chi connectivity index (χ0) is 14.7. The molecule has 0 fully saturated rings. The summed E-state index contributed by atoms with van der Waals surface area (Å²) in [6.07, 6.45) is 3.82. The number of carbonyl (C=O) groups is 1. The molecule has 2 heterocycles. The molecule has 106 valence electrons. The maximum Gasteiger partial charge on any atom is 0.224 e. The molecule has 1 aromatic carbocycles. The van der Waals surface area contributed by atoms with Crippen molar-refractivity contribution < 1.29 is 4.79 Å². The number of hydrogen-bond donors (Lipinski definition) is 2. The average Bonchev–Trinajstić information content (AvgIpc) is 2.85. The third-order valence-corrected chi connectivity index (χ3v) is 3.24. The van der Waals surface area contributed by atoms with Gasteiger partial charge in [-0.1, -0.05) is 12.1 Å². The Kier molecular flexibility index (Phi) is 3.64. The van der Waals surface area contributed by atoms with Crippen LogP contribution in [0, 0.1) is 6.92 Å². The highest BCUT2D eigenvalue weighted by Gasteiger charge is 2.06. The van der Waals surface area contributed by atoms with Crippen molar-refractivity contribution in [2.45, 2.75) is 19.9 Å². The zero-order valence-electron chi connectivity index (χ0n) is 11.8. The van der Waals surface area contributed by atoms with Gasteiger partial charge in [-0.15, -0.1) is 0 Å². The molecule has 5 heteroatoms. The summed E-state index contributed by atoms with van der Waals surface area (Å²) in [6, 6.07) is 9.64. The lowest BCUT2D eigenvalue weighted by Crippen LogP contribution is -2.24. The first-order valence-electron chi connectivity index (χ1n) is 6.81. The van der Waals surface area contributed by atoms with E-state index in [9.17, 15) is 4.79 Å². The third kappa shape index (κ3) is 3.25. The molecule has 0 aliphatic heterocycles. The maximum absolute atomic E-state index is 12.0. The number of carbonyl (C=O) groups excluding carboxylic acids is 1. The molecule has 0 saturated carbocycles. The lowest BCUT2D eigenvalue weighted by Gasteiger charge is -2.05. The van der Waals surface area contributed by atoms with Crippen molar-refractivity contribution in [3.8, 4) is 0 Å². The molecule has 21 heavy (non-hydrogen) atoms. The van der Waals surface area contributed by atoms with Gasteiger partial charge in [0.2, 0.25) is 5.91 Å². The number of aromatic amines is 1. The fourth-order valence-electron chi connectivity index (χ4n) is 2.25. The lowest BCUT2D eigenvalue weighted by atomic mass is 10.1. The highest BCUT2D eigenvalue weighted by atomic mass is 16.1. The number of H-pyrrole nitrogens is 1. The van der Waals surface area contributed by atoms with Crippen LogP contribution < -0.4 is 5.32 Å². The Morgan fingerprint density at radius 1 is 1.29 bits per heavy atom. The second kappa shape index (κ2) is 5.75. The summed E-state index contributed by atoms with van der Waals surface area (Å²) in [7, 11) is 0. The highest BCUT2D eigenvalue weighted by Crippen LogP contribution is 2.14. The zero-order valence-corrected chi connectivity index (χ0v) is 11.8. The monoisotopic (exact) mass is 280 g/mol. The number of aryl methyl sites for hydroxylation is 1. The molecule has 0 bridgehead atoms. The first-order chi connectivity index (χ1) is 10.2. The van der Waals surface area contributed by atoms with Crippen molar-refractivity contribution in [3.63, 3.8) is 0 Å². The minimum absolute atomic E-state index is 0.00515. The van der Waals surface area contributed by atoms with E-state index in [-0.39, 0.29) is 5.91 Å². The molecule has 1 amide bonds. The smallest absolute Gasteiger partial charge is 0.224 e. The van der Waals surface area contributed by atoms with Crippen LogP contribution in [-0.2, 0) is 17.8 Å². The summed E-state index contributed by atoms with van der Waals surface area (Å²) in [4.78, 5) is 23.5. The Labute approximate surface area is 122 Å². The number of nitrogens with one attached hydrogen (secondary N) is 2. The average molecular weight is 280 g/mol. The van der Waals surface area contributed by atoms with Crippen LogP contribution >= 0.6 is 0 Å². The van der Waals surface area contributed by atoms with Crippen molar-refractivity contribution in [3.05, 3.63) is 59.7 Å². The second-order valence-corrected chi connectivity index (χ2v) is 4.99. The van der Waals surface area contributed by atoms with Crippen LogP contribution in [0.1, 0.15) is 17.0 Å². The van der Waals surface area contributed by atoms with Crippen LogP contribution in [0.4, 0.5) is 0 Å². The molecule has 0 spiro atoms. The molecule has 0 aliphatic carbocycles. The molecule has 0 aliphatic rings. The molecule has 0 unspecified atom stereocenters. The molecule has 0 atom stereocenters. The van der Waals surface area contributed by atoms with Gasteiger partial charge in [-0.2, -0.15) is 0 Å². The third-order valence-electron chi connectivity index (χ3n) is 3.24. The van der Waals surface area contributed by atoms with Gasteiger partial charge in [0.25, 0.3) is 0 Å². The Bertz CT molecular complexity index is 764. The number of aromatic nitrogens is 3. The lowest BCUT2D eigenvalue weighted by molar-refractivity contribution is -0.120. The van der Waals surface area contributed by atoms with E-state index >= 15 is 0 Å². The van der Waals surface area contributed by atoms with Gasteiger partial charge in [0.1, 0.15) is 5.82 Å². The van der Waals surface area contributed by atoms with Gasteiger partial charge in [0.15, 0.2) is 0 Å². The van der Waals surface area contributed by atoms with E-state index in [4.69, 9.17) is 0 Å². The van der Waals surface area contributed by atoms with Crippen LogP contribution in [0.5, 0.6) is 0 Å². The van der Waals surface area contributed by atoms with Gasteiger partial charge in [-0.05, 0) is 36.2 Å². The van der Waals surface area contributed by atoms with E-state index in [0.717, 1.165) is 28.0 Å². The number of imidazole rings is 1. The predicted molar refractivity (Wildman–Crippen MR) is 80.6 cm³/mol. The first kappa shape index (κ1) is 13.3. The van der Waals surface area contributed by atoms with Gasteiger partial charge >= 0.3 is 0 Å². The second-order valence-electron chi connectivity index (χ2n) is 4.99. The normalized spacial score (nSPS) is 10.7. The van der Waals surface area contributed by atoms with Gasteiger partial charge in [-0.25, -0.2) is 4.98 Å². The number of amides is 1. The van der Waals surface area contributed by atoms with Gasteiger partial charge in [0, 0.05) is 18.9 Å². The van der Waals surface area contributed by atoms with Crippen LogP contribution in [0.15, 0.2) is 42.7 Å². The van der Waals surface area contributed by atoms with Gasteiger partial charge in [0.05, 0.1) is 17.5 Å². The Morgan fingerprint density at radius 2 is 2.19 bits per heavy atom. The number of benzene rings is 1. The predicted octanol–water partition coefficient (Wildman–Crippen LogP) is 2.13. The van der Waals surface area contributed by atoms with Crippen molar-refractivity contribution in [2.24, 2.45) is 0 Å². The largest absolute Gasteiger partial charge is 0.352 e. The standard InChI is InChI=1S/C16H16N4O/c1-11-19-14-5-4-12(7-15(14)20-11)8-16(21)18-10-13-3-2-6-17-9-13/h2-7,9H,8,10H2,1H3,(H,18,21)(H,19,20). The Balaban J connectivity index is 1.63.